The maximum atomic E-state index is 11.6. The Morgan fingerprint density at radius 2 is 1.94 bits per heavy atom. The first kappa shape index (κ1) is 11.9. The lowest BCUT2D eigenvalue weighted by atomic mass is 10.0. The molecule has 2 rings (SSSR count). The summed E-state index contributed by atoms with van der Waals surface area (Å²) < 4.78 is 1.48. The largest absolute Gasteiger partial charge is 0.268 e. The quantitative estimate of drug-likeness (QED) is 0.837. The summed E-state index contributed by atoms with van der Waals surface area (Å²) in [6.07, 6.45) is 1.63. The van der Waals surface area contributed by atoms with Gasteiger partial charge in [-0.2, -0.15) is 17.7 Å². The van der Waals surface area contributed by atoms with E-state index >= 15 is 0 Å². The van der Waals surface area contributed by atoms with Crippen molar-refractivity contribution in [1.29, 1.82) is 0 Å². The maximum Gasteiger partial charge on any atom is 0.266 e. The number of benzene rings is 1. The minimum atomic E-state index is -0.0739. The average molecular weight is 246 g/mol. The Balaban J connectivity index is 2.22. The molecule has 0 saturated heterocycles. The summed E-state index contributed by atoms with van der Waals surface area (Å²) in [5.74, 6) is 0.889. The Hall–Kier alpha value is -1.55. The summed E-state index contributed by atoms with van der Waals surface area (Å²) in [6, 6.07) is 13.2. The fraction of sp³-hybridized carbons (Fsp3) is 0.231. The molecule has 0 amide bonds. The predicted molar refractivity (Wildman–Crippen MR) is 71.5 cm³/mol. The molecule has 0 aliphatic rings. The van der Waals surface area contributed by atoms with E-state index in [9.17, 15) is 4.79 Å². The molecule has 0 bridgehead atoms. The van der Waals surface area contributed by atoms with E-state index in [1.807, 2.05) is 18.2 Å². The predicted octanol–water partition coefficient (Wildman–Crippen LogP) is 1.96. The van der Waals surface area contributed by atoms with Gasteiger partial charge in [0.1, 0.15) is 0 Å². The minimum absolute atomic E-state index is 0.0739. The van der Waals surface area contributed by atoms with E-state index in [0.29, 0.717) is 12.3 Å². The standard InChI is InChI=1S/C13H14N2OS/c16-13-7-4-8-14-15(13)9-12(10-17)11-5-2-1-3-6-11/h1-8,12,17H,9-10H2. The van der Waals surface area contributed by atoms with Gasteiger partial charge in [0.05, 0.1) is 6.54 Å². The second-order valence-corrected chi connectivity index (χ2v) is 4.20. The van der Waals surface area contributed by atoms with Crippen LogP contribution in [-0.4, -0.2) is 15.5 Å². The van der Waals surface area contributed by atoms with Crippen LogP contribution in [0.2, 0.25) is 0 Å². The highest BCUT2D eigenvalue weighted by molar-refractivity contribution is 7.80. The molecule has 1 atom stereocenters. The van der Waals surface area contributed by atoms with Gasteiger partial charge < -0.3 is 0 Å². The van der Waals surface area contributed by atoms with Crippen LogP contribution in [0.25, 0.3) is 0 Å². The van der Waals surface area contributed by atoms with Gasteiger partial charge in [-0.05, 0) is 17.4 Å². The molecule has 0 fully saturated rings. The third kappa shape index (κ3) is 2.97. The second-order valence-electron chi connectivity index (χ2n) is 3.83. The second kappa shape index (κ2) is 5.68. The van der Waals surface area contributed by atoms with Gasteiger partial charge in [0, 0.05) is 18.2 Å². The molecule has 0 saturated carbocycles. The van der Waals surface area contributed by atoms with Crippen LogP contribution in [0.15, 0.2) is 53.5 Å². The first-order valence-corrected chi connectivity index (χ1v) is 6.12. The summed E-state index contributed by atoms with van der Waals surface area (Å²) in [5.41, 5.74) is 1.11. The van der Waals surface area contributed by atoms with Gasteiger partial charge in [0.25, 0.3) is 5.56 Å². The molecule has 4 heteroatoms. The molecular formula is C13H14N2OS. The Kier molecular flexibility index (Phi) is 3.98. The summed E-state index contributed by atoms with van der Waals surface area (Å²) in [4.78, 5) is 11.6. The Bertz CT molecular complexity index is 524. The number of hydrogen-bond donors (Lipinski definition) is 1. The SMILES string of the molecule is O=c1cccnn1CC(CS)c1ccccc1. The van der Waals surface area contributed by atoms with Crippen molar-refractivity contribution in [2.45, 2.75) is 12.5 Å². The van der Waals surface area contributed by atoms with Crippen LogP contribution < -0.4 is 5.56 Å². The number of thiol groups is 1. The fourth-order valence-corrected chi connectivity index (χ4v) is 2.05. The third-order valence-electron chi connectivity index (χ3n) is 2.67. The number of nitrogens with zero attached hydrogens (tertiary/aromatic N) is 2. The van der Waals surface area contributed by atoms with Crippen molar-refractivity contribution < 1.29 is 0 Å². The van der Waals surface area contributed by atoms with Gasteiger partial charge in [-0.25, -0.2) is 4.68 Å². The molecule has 0 radical (unpaired) electrons. The van der Waals surface area contributed by atoms with Crippen LogP contribution in [0.3, 0.4) is 0 Å². The highest BCUT2D eigenvalue weighted by atomic mass is 32.1. The van der Waals surface area contributed by atoms with E-state index in [4.69, 9.17) is 0 Å². The van der Waals surface area contributed by atoms with Crippen LogP contribution in [-0.2, 0) is 6.54 Å². The van der Waals surface area contributed by atoms with Gasteiger partial charge >= 0.3 is 0 Å². The molecule has 0 N–H and O–H groups in total. The van der Waals surface area contributed by atoms with Crippen LogP contribution in [0, 0.1) is 0 Å². The lowest BCUT2D eigenvalue weighted by Crippen LogP contribution is -2.25. The molecule has 1 aromatic heterocycles. The van der Waals surface area contributed by atoms with E-state index < -0.39 is 0 Å². The van der Waals surface area contributed by atoms with Gasteiger partial charge in [-0.3, -0.25) is 4.79 Å². The highest BCUT2D eigenvalue weighted by Crippen LogP contribution is 2.17. The van der Waals surface area contributed by atoms with Crippen molar-refractivity contribution in [2.75, 3.05) is 5.75 Å². The molecule has 1 unspecified atom stereocenters. The Labute approximate surface area is 106 Å². The summed E-state index contributed by atoms with van der Waals surface area (Å²) in [7, 11) is 0. The molecule has 17 heavy (non-hydrogen) atoms. The summed E-state index contributed by atoms with van der Waals surface area (Å²) in [6.45, 7) is 0.563. The molecule has 88 valence electrons. The van der Waals surface area contributed by atoms with Crippen LogP contribution >= 0.6 is 12.6 Å². The third-order valence-corrected chi connectivity index (χ3v) is 3.11. The molecule has 1 aromatic carbocycles. The molecule has 0 spiro atoms. The first-order chi connectivity index (χ1) is 8.31. The smallest absolute Gasteiger partial charge is 0.266 e. The first-order valence-electron chi connectivity index (χ1n) is 5.49. The Morgan fingerprint density at radius 3 is 2.59 bits per heavy atom. The van der Waals surface area contributed by atoms with E-state index in [1.165, 1.54) is 16.3 Å². The number of rotatable bonds is 4. The summed E-state index contributed by atoms with van der Waals surface area (Å²) in [5, 5.41) is 4.06. The molecular weight excluding hydrogens is 232 g/mol. The van der Waals surface area contributed by atoms with E-state index in [2.05, 4.69) is 29.9 Å². The lowest BCUT2D eigenvalue weighted by Gasteiger charge is -2.15. The zero-order valence-electron chi connectivity index (χ0n) is 9.36. The molecule has 2 aromatic rings. The lowest BCUT2D eigenvalue weighted by molar-refractivity contribution is 0.522. The molecule has 1 heterocycles. The van der Waals surface area contributed by atoms with Crippen molar-refractivity contribution >= 4 is 12.6 Å². The zero-order chi connectivity index (χ0) is 12.1. The van der Waals surface area contributed by atoms with E-state index in [1.54, 1.807) is 12.3 Å². The maximum absolute atomic E-state index is 11.6. The molecule has 0 aliphatic heterocycles. The normalized spacial score (nSPS) is 12.3. The van der Waals surface area contributed by atoms with Crippen molar-refractivity contribution in [3.05, 3.63) is 64.6 Å². The van der Waals surface area contributed by atoms with E-state index in [0.717, 1.165) is 0 Å². The highest BCUT2D eigenvalue weighted by Gasteiger charge is 2.11. The number of aromatic nitrogens is 2. The minimum Gasteiger partial charge on any atom is -0.268 e. The Morgan fingerprint density at radius 1 is 1.18 bits per heavy atom. The van der Waals surface area contributed by atoms with Gasteiger partial charge in [-0.15, -0.1) is 0 Å². The van der Waals surface area contributed by atoms with Gasteiger partial charge in [0.2, 0.25) is 0 Å². The van der Waals surface area contributed by atoms with Crippen LogP contribution in [0.1, 0.15) is 11.5 Å². The van der Waals surface area contributed by atoms with Crippen LogP contribution in [0.5, 0.6) is 0 Å². The monoisotopic (exact) mass is 246 g/mol. The van der Waals surface area contributed by atoms with Gasteiger partial charge in [-0.1, -0.05) is 30.3 Å². The van der Waals surface area contributed by atoms with E-state index in [-0.39, 0.29) is 11.5 Å². The van der Waals surface area contributed by atoms with Crippen molar-refractivity contribution in [2.24, 2.45) is 0 Å². The molecule has 0 aliphatic carbocycles. The zero-order valence-corrected chi connectivity index (χ0v) is 10.3. The van der Waals surface area contributed by atoms with Crippen molar-refractivity contribution in [3.63, 3.8) is 0 Å². The fourth-order valence-electron chi connectivity index (χ4n) is 1.73. The topological polar surface area (TPSA) is 34.9 Å². The van der Waals surface area contributed by atoms with Crippen LogP contribution in [0.4, 0.5) is 0 Å². The van der Waals surface area contributed by atoms with Gasteiger partial charge in [0.15, 0.2) is 0 Å². The molecule has 3 nitrogen and oxygen atoms in total. The average Bonchev–Trinajstić information content (AvgIpc) is 2.39. The number of hydrogen-bond acceptors (Lipinski definition) is 3. The summed E-state index contributed by atoms with van der Waals surface area (Å²) >= 11 is 4.35. The van der Waals surface area contributed by atoms with Crippen molar-refractivity contribution in [1.82, 2.24) is 9.78 Å². The van der Waals surface area contributed by atoms with Crippen molar-refractivity contribution in [3.8, 4) is 0 Å².